The molecule has 1 atom stereocenters. The number of nitrogens with one attached hydrogen (secondary N) is 2. The van der Waals surface area contributed by atoms with Crippen LogP contribution < -0.4 is 20.3 Å². The number of thiocarbonyl (C=S) groups is 1. The summed E-state index contributed by atoms with van der Waals surface area (Å²) < 4.78 is 17.8. The van der Waals surface area contributed by atoms with E-state index in [9.17, 15) is 4.79 Å². The highest BCUT2D eigenvalue weighted by Gasteiger charge is 2.32. The van der Waals surface area contributed by atoms with E-state index in [-0.39, 0.29) is 28.9 Å². The van der Waals surface area contributed by atoms with E-state index in [4.69, 9.17) is 31.3 Å². The number of ether oxygens (including phenoxy) is 2. The molecule has 1 saturated carbocycles. The van der Waals surface area contributed by atoms with Crippen LogP contribution in [0.2, 0.25) is 0 Å². The fourth-order valence-corrected chi connectivity index (χ4v) is 4.68. The van der Waals surface area contributed by atoms with Crippen molar-refractivity contribution in [2.45, 2.75) is 50.9 Å². The predicted molar refractivity (Wildman–Crippen MR) is 140 cm³/mol. The first-order chi connectivity index (χ1) is 17.5. The molecule has 1 saturated heterocycles. The fraction of sp³-hybridized carbons (Fsp3) is 0.407. The molecule has 0 spiro atoms. The summed E-state index contributed by atoms with van der Waals surface area (Å²) in [6.07, 6.45) is 4.75. The van der Waals surface area contributed by atoms with Gasteiger partial charge in [-0.05, 0) is 81.1 Å². The van der Waals surface area contributed by atoms with Crippen LogP contribution >= 0.6 is 12.2 Å². The van der Waals surface area contributed by atoms with Gasteiger partial charge in [0, 0.05) is 30.1 Å². The molecule has 2 fully saturated rings. The molecule has 3 N–H and O–H groups in total. The highest BCUT2D eigenvalue weighted by atomic mass is 32.1. The quantitative estimate of drug-likeness (QED) is 0.290. The maximum absolute atomic E-state index is 12.7. The third-order valence-electron chi connectivity index (χ3n) is 6.66. The van der Waals surface area contributed by atoms with Crippen LogP contribution in [0.1, 0.15) is 48.7 Å². The molecule has 0 radical (unpaired) electrons. The monoisotopic (exact) mass is 509 g/mol. The van der Waals surface area contributed by atoms with Crippen LogP contribution in [-0.4, -0.2) is 58.9 Å². The van der Waals surface area contributed by atoms with Gasteiger partial charge < -0.3 is 24.1 Å². The number of carbonyl (C=O) groups excluding carboxylic acids is 1. The van der Waals surface area contributed by atoms with E-state index in [1.807, 2.05) is 30.6 Å². The summed E-state index contributed by atoms with van der Waals surface area (Å²) in [5.74, 6) is 1.40. The van der Waals surface area contributed by atoms with Crippen molar-refractivity contribution in [3.05, 3.63) is 59.9 Å². The Morgan fingerprint density at radius 3 is 2.53 bits per heavy atom. The summed E-state index contributed by atoms with van der Waals surface area (Å²) in [7, 11) is 0. The third-order valence-corrected chi connectivity index (χ3v) is 6.99. The van der Waals surface area contributed by atoms with Crippen LogP contribution in [0.5, 0.6) is 11.5 Å². The van der Waals surface area contributed by atoms with Gasteiger partial charge in [0.25, 0.3) is 5.91 Å². The van der Waals surface area contributed by atoms with E-state index in [0.717, 1.165) is 43.1 Å². The Kier molecular flexibility index (Phi) is 7.41. The number of likely N-dealkylation sites (tertiary alicyclic amines) is 1. The van der Waals surface area contributed by atoms with Gasteiger partial charge >= 0.3 is 0 Å². The van der Waals surface area contributed by atoms with E-state index in [1.165, 1.54) is 12.8 Å². The van der Waals surface area contributed by atoms with Crippen molar-refractivity contribution in [2.75, 3.05) is 19.6 Å². The molecule has 1 aliphatic heterocycles. The first-order valence-electron chi connectivity index (χ1n) is 12.4. The van der Waals surface area contributed by atoms with Gasteiger partial charge in [0.05, 0.1) is 6.54 Å². The number of furan rings is 1. The standard InChI is InChI=1S/C27H31N3O5S/c1-17(33-21-6-2-18(3-7-21)27(36)29-32)16-28-26(31)25-15-19-14-23(8-9-24(19)35-25)34-22-10-12-30(13-11-22)20-4-5-20/h2-3,6-9,14-15,17,20,22,32H,4-5,10-13,16H2,1H3,(H,28,31)(H,29,36)/t17-/m1/s1. The van der Waals surface area contributed by atoms with Crippen LogP contribution in [0.25, 0.3) is 11.0 Å². The summed E-state index contributed by atoms with van der Waals surface area (Å²) in [5, 5.41) is 12.6. The van der Waals surface area contributed by atoms with Gasteiger partial charge in [0.1, 0.15) is 34.3 Å². The van der Waals surface area contributed by atoms with Crippen molar-refractivity contribution in [3.63, 3.8) is 0 Å². The second kappa shape index (κ2) is 10.9. The molecule has 8 nitrogen and oxygen atoms in total. The Bertz CT molecular complexity index is 1220. The molecule has 1 aromatic heterocycles. The zero-order valence-corrected chi connectivity index (χ0v) is 21.1. The zero-order chi connectivity index (χ0) is 25.1. The second-order valence-corrected chi connectivity index (χ2v) is 9.91. The Morgan fingerprint density at radius 1 is 1.11 bits per heavy atom. The highest BCUT2D eigenvalue weighted by Crippen LogP contribution is 2.31. The van der Waals surface area contributed by atoms with Crippen molar-refractivity contribution >= 4 is 34.1 Å². The van der Waals surface area contributed by atoms with Crippen LogP contribution in [0, 0.1) is 0 Å². The lowest BCUT2D eigenvalue weighted by molar-refractivity contribution is 0.0906. The third kappa shape index (κ3) is 5.98. The number of hydroxylamine groups is 1. The van der Waals surface area contributed by atoms with E-state index in [2.05, 4.69) is 10.2 Å². The van der Waals surface area contributed by atoms with Crippen molar-refractivity contribution in [1.82, 2.24) is 15.7 Å². The molecule has 2 heterocycles. The minimum absolute atomic E-state index is 0.229. The van der Waals surface area contributed by atoms with Gasteiger partial charge in [-0.3, -0.25) is 15.5 Å². The fourth-order valence-electron chi connectivity index (χ4n) is 4.54. The molecule has 36 heavy (non-hydrogen) atoms. The number of hydrogen-bond donors (Lipinski definition) is 3. The Morgan fingerprint density at radius 2 is 1.83 bits per heavy atom. The molecule has 2 aliphatic rings. The first-order valence-corrected chi connectivity index (χ1v) is 12.8. The zero-order valence-electron chi connectivity index (χ0n) is 20.2. The average Bonchev–Trinajstić information content (AvgIpc) is 3.66. The summed E-state index contributed by atoms with van der Waals surface area (Å²) in [4.78, 5) is 15.5. The average molecular weight is 510 g/mol. The number of amides is 1. The van der Waals surface area contributed by atoms with Gasteiger partial charge in [0.15, 0.2) is 5.76 Å². The van der Waals surface area contributed by atoms with Crippen LogP contribution in [-0.2, 0) is 0 Å². The Hall–Kier alpha value is -3.14. The lowest BCUT2D eigenvalue weighted by atomic mass is 10.1. The summed E-state index contributed by atoms with van der Waals surface area (Å²) in [5.41, 5.74) is 3.28. The predicted octanol–water partition coefficient (Wildman–Crippen LogP) is 4.29. The van der Waals surface area contributed by atoms with Crippen LogP contribution in [0.15, 0.2) is 52.9 Å². The molecule has 5 rings (SSSR count). The number of nitrogens with zero attached hydrogens (tertiary/aromatic N) is 1. The van der Waals surface area contributed by atoms with Crippen molar-refractivity contribution < 1.29 is 23.9 Å². The van der Waals surface area contributed by atoms with E-state index >= 15 is 0 Å². The maximum atomic E-state index is 12.7. The second-order valence-electron chi connectivity index (χ2n) is 9.50. The number of carbonyl (C=O) groups is 1. The highest BCUT2D eigenvalue weighted by molar-refractivity contribution is 7.80. The van der Waals surface area contributed by atoms with Crippen LogP contribution in [0.4, 0.5) is 0 Å². The van der Waals surface area contributed by atoms with Crippen molar-refractivity contribution in [1.29, 1.82) is 0 Å². The summed E-state index contributed by atoms with van der Waals surface area (Å²) >= 11 is 4.98. The van der Waals surface area contributed by atoms with E-state index in [0.29, 0.717) is 23.4 Å². The minimum atomic E-state index is -0.300. The van der Waals surface area contributed by atoms with Gasteiger partial charge in [-0.2, -0.15) is 0 Å². The number of rotatable bonds is 9. The van der Waals surface area contributed by atoms with Gasteiger partial charge in [-0.25, -0.2) is 0 Å². The molecule has 0 unspecified atom stereocenters. The van der Waals surface area contributed by atoms with Gasteiger partial charge in [-0.1, -0.05) is 12.2 Å². The number of piperidine rings is 1. The Labute approximate surface area is 215 Å². The van der Waals surface area contributed by atoms with E-state index < -0.39 is 0 Å². The first kappa shape index (κ1) is 24.5. The summed E-state index contributed by atoms with van der Waals surface area (Å²) in [6, 6.07) is 15.3. The topological polar surface area (TPSA) is 96.2 Å². The number of hydrogen-bond acceptors (Lipinski definition) is 7. The van der Waals surface area contributed by atoms with Gasteiger partial charge in [0.2, 0.25) is 0 Å². The van der Waals surface area contributed by atoms with Crippen molar-refractivity contribution in [2.24, 2.45) is 0 Å². The minimum Gasteiger partial charge on any atom is -0.490 e. The number of benzene rings is 2. The lowest BCUT2D eigenvalue weighted by Gasteiger charge is -2.32. The van der Waals surface area contributed by atoms with Crippen molar-refractivity contribution in [3.8, 4) is 11.5 Å². The van der Waals surface area contributed by atoms with E-state index in [1.54, 1.807) is 30.3 Å². The van der Waals surface area contributed by atoms with Crippen LogP contribution in [0.3, 0.4) is 0 Å². The molecule has 3 aromatic rings. The largest absolute Gasteiger partial charge is 0.490 e. The molecular weight excluding hydrogens is 478 g/mol. The van der Waals surface area contributed by atoms with Gasteiger partial charge in [-0.15, -0.1) is 0 Å². The maximum Gasteiger partial charge on any atom is 0.287 e. The molecule has 1 aliphatic carbocycles. The Balaban J connectivity index is 1.12. The SMILES string of the molecule is C[C@H](CNC(=O)c1cc2cc(OC3CCN(C4CC4)CC3)ccc2o1)Oc1ccc(C(=S)NO)cc1. The molecule has 190 valence electrons. The number of fused-ring (bicyclic) bond motifs is 1. The smallest absolute Gasteiger partial charge is 0.287 e. The lowest BCUT2D eigenvalue weighted by Crippen LogP contribution is -2.39. The summed E-state index contributed by atoms with van der Waals surface area (Å²) in [6.45, 7) is 4.39. The normalized spacial score (nSPS) is 17.5. The molecular formula is C27H31N3O5S. The molecule has 2 aromatic carbocycles. The molecule has 0 bridgehead atoms. The molecule has 9 heteroatoms. The molecule has 1 amide bonds.